The van der Waals surface area contributed by atoms with Gasteiger partial charge in [-0.1, -0.05) is 6.07 Å². The third-order valence-electron chi connectivity index (χ3n) is 5.51. The number of carbonyl (C=O) groups excluding carboxylic acids is 2. The largest absolute Gasteiger partial charge is 0.497 e. The third-order valence-corrected chi connectivity index (χ3v) is 5.51. The van der Waals surface area contributed by atoms with Crippen molar-refractivity contribution in [2.24, 2.45) is 11.5 Å². The van der Waals surface area contributed by atoms with E-state index in [1.165, 1.54) is 0 Å². The van der Waals surface area contributed by atoms with Gasteiger partial charge >= 0.3 is 5.97 Å². The van der Waals surface area contributed by atoms with Crippen LogP contribution >= 0.6 is 0 Å². The second-order valence-electron chi connectivity index (χ2n) is 8.43. The number of methoxy groups -OCH3 is 1. The third kappa shape index (κ3) is 9.02. The lowest BCUT2D eigenvalue weighted by Crippen LogP contribution is -2.50. The number of nitrogens with one attached hydrogen (secondary N) is 3. The van der Waals surface area contributed by atoms with E-state index in [9.17, 15) is 19.5 Å². The number of amides is 2. The van der Waals surface area contributed by atoms with E-state index in [1.807, 2.05) is 31.2 Å². The van der Waals surface area contributed by atoms with E-state index in [1.54, 1.807) is 13.3 Å². The van der Waals surface area contributed by atoms with Crippen molar-refractivity contribution in [3.63, 3.8) is 0 Å². The number of nitrogens with two attached hydrogens (primary N) is 2. The van der Waals surface area contributed by atoms with E-state index in [2.05, 4.69) is 20.9 Å². The molecular weight excluding hydrogens is 452 g/mol. The lowest BCUT2D eigenvalue weighted by Gasteiger charge is -2.18. The normalized spacial score (nSPS) is 13.5. The first kappa shape index (κ1) is 27.8. The number of rotatable bonds is 15. The van der Waals surface area contributed by atoms with Gasteiger partial charge in [0.1, 0.15) is 11.8 Å². The average molecular weight is 489 g/mol. The van der Waals surface area contributed by atoms with Crippen LogP contribution in [0.1, 0.15) is 39.0 Å². The molecule has 1 aromatic carbocycles. The van der Waals surface area contributed by atoms with Crippen molar-refractivity contribution in [2.45, 2.75) is 57.2 Å². The molecule has 0 bridgehead atoms. The summed E-state index contributed by atoms with van der Waals surface area (Å²) in [6.07, 6.45) is 3.67. The summed E-state index contributed by atoms with van der Waals surface area (Å²) in [6, 6.07) is 5.54. The van der Waals surface area contributed by atoms with Gasteiger partial charge in [0, 0.05) is 30.2 Å². The number of nitrogens with zero attached hydrogens (tertiary/aromatic N) is 1. The summed E-state index contributed by atoms with van der Waals surface area (Å²) in [7, 11) is 1.62. The van der Waals surface area contributed by atoms with Crippen LogP contribution in [0.3, 0.4) is 0 Å². The monoisotopic (exact) mass is 488 g/mol. The van der Waals surface area contributed by atoms with Gasteiger partial charge in [0.05, 0.1) is 30.8 Å². The SMILES string of the molecule is COc1cc(NC(C)CCCNC(=O)CC(NC(=O)[C@H](N)CCCN)C(=O)O)c2ncccc2c1. The van der Waals surface area contributed by atoms with Crippen LogP contribution in [0.4, 0.5) is 5.69 Å². The second kappa shape index (κ2) is 14.1. The van der Waals surface area contributed by atoms with Crippen LogP contribution in [0, 0.1) is 0 Å². The molecule has 0 spiro atoms. The van der Waals surface area contributed by atoms with Gasteiger partial charge < -0.3 is 37.3 Å². The van der Waals surface area contributed by atoms with Crippen LogP contribution in [-0.2, 0) is 14.4 Å². The highest BCUT2D eigenvalue weighted by Gasteiger charge is 2.25. The van der Waals surface area contributed by atoms with Crippen LogP contribution in [0.15, 0.2) is 30.5 Å². The number of hydrogen-bond acceptors (Lipinski definition) is 8. The Morgan fingerprint density at radius 3 is 2.66 bits per heavy atom. The van der Waals surface area contributed by atoms with Gasteiger partial charge in [-0.3, -0.25) is 14.6 Å². The molecule has 192 valence electrons. The van der Waals surface area contributed by atoms with Gasteiger partial charge in [-0.05, 0) is 51.3 Å². The molecule has 0 saturated carbocycles. The van der Waals surface area contributed by atoms with Crippen molar-refractivity contribution < 1.29 is 24.2 Å². The molecule has 2 unspecified atom stereocenters. The predicted molar refractivity (Wildman–Crippen MR) is 134 cm³/mol. The summed E-state index contributed by atoms with van der Waals surface area (Å²) < 4.78 is 5.38. The first-order valence-electron chi connectivity index (χ1n) is 11.7. The summed E-state index contributed by atoms with van der Waals surface area (Å²) in [5, 5.41) is 18.8. The fourth-order valence-corrected chi connectivity index (χ4v) is 3.57. The molecule has 2 amide bonds. The van der Waals surface area contributed by atoms with Crippen molar-refractivity contribution in [3.8, 4) is 5.75 Å². The highest BCUT2D eigenvalue weighted by atomic mass is 16.5. The number of aromatic nitrogens is 1. The number of pyridine rings is 1. The number of carboxylic acid groups (broad SMARTS) is 1. The molecule has 0 fully saturated rings. The maximum absolute atomic E-state index is 12.2. The summed E-state index contributed by atoms with van der Waals surface area (Å²) in [5.41, 5.74) is 12.8. The zero-order valence-corrected chi connectivity index (χ0v) is 20.3. The summed E-state index contributed by atoms with van der Waals surface area (Å²) in [4.78, 5) is 40.2. The van der Waals surface area contributed by atoms with Gasteiger partial charge in [0.25, 0.3) is 0 Å². The number of benzene rings is 1. The first-order valence-corrected chi connectivity index (χ1v) is 11.7. The Balaban J connectivity index is 1.79. The Morgan fingerprint density at radius 2 is 1.97 bits per heavy atom. The molecule has 11 heteroatoms. The number of hydrogen-bond donors (Lipinski definition) is 6. The van der Waals surface area contributed by atoms with Gasteiger partial charge in [-0.2, -0.15) is 0 Å². The lowest BCUT2D eigenvalue weighted by atomic mass is 10.1. The topological polar surface area (TPSA) is 182 Å². The summed E-state index contributed by atoms with van der Waals surface area (Å²) in [6.45, 7) is 2.78. The fourth-order valence-electron chi connectivity index (χ4n) is 3.57. The standard InChI is InChI=1S/C24H36N6O5/c1-15(29-19-13-17(35-2)12-16-7-5-11-28-22(16)19)6-4-10-27-21(31)14-20(24(33)34)30-23(32)18(26)8-3-9-25/h5,7,11-13,15,18,20,29H,3-4,6,8-10,14,25-26H2,1-2H3,(H,27,31)(H,30,32)(H,33,34)/t15?,18-,20?/m1/s1. The van der Waals surface area contributed by atoms with Crippen molar-refractivity contribution >= 4 is 34.4 Å². The summed E-state index contributed by atoms with van der Waals surface area (Å²) in [5.74, 6) is -1.64. The molecule has 35 heavy (non-hydrogen) atoms. The number of aliphatic carboxylic acids is 1. The number of carbonyl (C=O) groups is 3. The molecule has 0 radical (unpaired) electrons. The van der Waals surface area contributed by atoms with Crippen molar-refractivity contribution in [2.75, 3.05) is 25.5 Å². The molecule has 3 atom stereocenters. The molecule has 1 heterocycles. The lowest BCUT2D eigenvalue weighted by molar-refractivity contribution is -0.143. The molecule has 1 aromatic heterocycles. The minimum absolute atomic E-state index is 0.0882. The smallest absolute Gasteiger partial charge is 0.326 e. The highest BCUT2D eigenvalue weighted by molar-refractivity contribution is 5.92. The number of anilines is 1. The maximum atomic E-state index is 12.2. The molecule has 2 rings (SSSR count). The van der Waals surface area contributed by atoms with Crippen molar-refractivity contribution in [3.05, 3.63) is 30.5 Å². The first-order chi connectivity index (χ1) is 16.7. The Morgan fingerprint density at radius 1 is 1.20 bits per heavy atom. The van der Waals surface area contributed by atoms with E-state index >= 15 is 0 Å². The Kier molecular flexibility index (Phi) is 11.2. The molecule has 2 aromatic rings. The van der Waals surface area contributed by atoms with Gasteiger partial charge in [-0.25, -0.2) is 4.79 Å². The van der Waals surface area contributed by atoms with Crippen LogP contribution in [0.5, 0.6) is 5.75 Å². The molecular formula is C24H36N6O5. The Hall–Kier alpha value is -3.44. The number of carboxylic acids is 1. The average Bonchev–Trinajstić information content (AvgIpc) is 2.84. The molecule has 0 aliphatic carbocycles. The van der Waals surface area contributed by atoms with Gasteiger partial charge in [0.15, 0.2) is 0 Å². The number of fused-ring (bicyclic) bond motifs is 1. The second-order valence-corrected chi connectivity index (χ2v) is 8.43. The van der Waals surface area contributed by atoms with E-state index in [4.69, 9.17) is 16.2 Å². The minimum atomic E-state index is -1.35. The molecule has 0 aliphatic rings. The van der Waals surface area contributed by atoms with E-state index in [-0.39, 0.29) is 12.5 Å². The highest BCUT2D eigenvalue weighted by Crippen LogP contribution is 2.28. The molecule has 11 nitrogen and oxygen atoms in total. The van der Waals surface area contributed by atoms with Gasteiger partial charge in [-0.15, -0.1) is 0 Å². The Labute approximate surface area is 205 Å². The van der Waals surface area contributed by atoms with Crippen LogP contribution in [0.2, 0.25) is 0 Å². The molecule has 8 N–H and O–H groups in total. The molecule has 0 saturated heterocycles. The minimum Gasteiger partial charge on any atom is -0.497 e. The van der Waals surface area contributed by atoms with Crippen LogP contribution in [-0.4, -0.2) is 66.2 Å². The van der Waals surface area contributed by atoms with Crippen LogP contribution in [0.25, 0.3) is 10.9 Å². The number of ether oxygens (including phenoxy) is 1. The van der Waals surface area contributed by atoms with E-state index in [0.29, 0.717) is 32.4 Å². The van der Waals surface area contributed by atoms with Gasteiger partial charge in [0.2, 0.25) is 11.8 Å². The fraction of sp³-hybridized carbons (Fsp3) is 0.500. The van der Waals surface area contributed by atoms with E-state index < -0.39 is 29.9 Å². The zero-order chi connectivity index (χ0) is 25.8. The molecule has 0 aliphatic heterocycles. The summed E-state index contributed by atoms with van der Waals surface area (Å²) >= 11 is 0. The van der Waals surface area contributed by atoms with E-state index in [0.717, 1.165) is 28.8 Å². The quantitative estimate of drug-likeness (QED) is 0.199. The van der Waals surface area contributed by atoms with Crippen LogP contribution < -0.4 is 32.2 Å². The van der Waals surface area contributed by atoms with Crippen molar-refractivity contribution in [1.29, 1.82) is 0 Å². The Bertz CT molecular complexity index is 1000. The predicted octanol–water partition coefficient (Wildman–Crippen LogP) is 0.966. The maximum Gasteiger partial charge on any atom is 0.326 e. The van der Waals surface area contributed by atoms with Crippen molar-refractivity contribution in [1.82, 2.24) is 15.6 Å². The zero-order valence-electron chi connectivity index (χ0n) is 20.3.